The molecule has 0 spiro atoms. The van der Waals surface area contributed by atoms with E-state index >= 15 is 0 Å². The average Bonchev–Trinajstić information content (AvgIpc) is 3.17. The number of anilines is 1. The summed E-state index contributed by atoms with van der Waals surface area (Å²) in [5, 5.41) is 0.633. The van der Waals surface area contributed by atoms with E-state index in [2.05, 4.69) is 9.88 Å². The van der Waals surface area contributed by atoms with Gasteiger partial charge in [0.15, 0.2) is 0 Å². The van der Waals surface area contributed by atoms with Gasteiger partial charge in [-0.05, 0) is 17.7 Å². The minimum absolute atomic E-state index is 0.0936. The van der Waals surface area contributed by atoms with Crippen molar-refractivity contribution in [3.8, 4) is 11.1 Å². The first kappa shape index (κ1) is 20.0. The zero-order valence-electron chi connectivity index (χ0n) is 15.7. The third-order valence-corrected chi connectivity index (χ3v) is 4.73. The molecule has 0 aliphatic carbocycles. The molecule has 7 nitrogen and oxygen atoms in total. The molecule has 1 aromatic carbocycles. The van der Waals surface area contributed by atoms with Gasteiger partial charge in [-0.3, -0.25) is 0 Å². The van der Waals surface area contributed by atoms with Gasteiger partial charge in [0, 0.05) is 35.9 Å². The van der Waals surface area contributed by atoms with Crippen LogP contribution in [0.4, 0.5) is 5.69 Å². The molecule has 1 fully saturated rings. The summed E-state index contributed by atoms with van der Waals surface area (Å²) in [6.45, 7) is 2.44. The molecule has 1 aliphatic rings. The third-order valence-electron chi connectivity index (χ3n) is 4.47. The van der Waals surface area contributed by atoms with Crippen molar-refractivity contribution < 1.29 is 23.8 Å². The van der Waals surface area contributed by atoms with Crippen molar-refractivity contribution >= 4 is 34.8 Å². The summed E-state index contributed by atoms with van der Waals surface area (Å²) < 4.78 is 15.1. The lowest BCUT2D eigenvalue weighted by atomic mass is 10.0. The maximum absolute atomic E-state index is 12.4. The molecule has 0 radical (unpaired) electrons. The molecule has 1 aliphatic heterocycles. The van der Waals surface area contributed by atoms with E-state index in [1.165, 1.54) is 14.2 Å². The Morgan fingerprint density at radius 3 is 2.43 bits per heavy atom. The van der Waals surface area contributed by atoms with Crippen LogP contribution >= 0.6 is 11.6 Å². The highest BCUT2D eigenvalue weighted by atomic mass is 35.5. The number of carbonyl (C=O) groups is 2. The van der Waals surface area contributed by atoms with E-state index < -0.39 is 11.9 Å². The number of nitrogens with one attached hydrogen (secondary N) is 1. The van der Waals surface area contributed by atoms with Gasteiger partial charge in [-0.2, -0.15) is 0 Å². The number of nitrogens with zero attached hydrogens (tertiary/aromatic N) is 1. The van der Waals surface area contributed by atoms with Gasteiger partial charge < -0.3 is 24.1 Å². The summed E-state index contributed by atoms with van der Waals surface area (Å²) in [7, 11) is 2.52. The second-order valence-electron chi connectivity index (χ2n) is 6.11. The molecule has 8 heteroatoms. The van der Waals surface area contributed by atoms with Crippen molar-refractivity contribution in [2.75, 3.05) is 45.4 Å². The van der Waals surface area contributed by atoms with Crippen molar-refractivity contribution in [2.24, 2.45) is 0 Å². The van der Waals surface area contributed by atoms with Crippen LogP contribution in [0.2, 0.25) is 5.02 Å². The smallest absolute Gasteiger partial charge is 0.340 e. The van der Waals surface area contributed by atoms with E-state index in [0.29, 0.717) is 37.0 Å². The van der Waals surface area contributed by atoms with Crippen LogP contribution in [0.1, 0.15) is 5.69 Å². The average molecular weight is 405 g/mol. The van der Waals surface area contributed by atoms with Crippen LogP contribution in [-0.2, 0) is 23.8 Å². The van der Waals surface area contributed by atoms with Gasteiger partial charge in [-0.1, -0.05) is 23.7 Å². The molecule has 1 saturated heterocycles. The minimum atomic E-state index is -0.643. The fraction of sp³-hybridized carbons (Fsp3) is 0.300. The molecule has 28 heavy (non-hydrogen) atoms. The largest absolute Gasteiger partial charge is 0.466 e. The van der Waals surface area contributed by atoms with Gasteiger partial charge >= 0.3 is 11.9 Å². The fourth-order valence-electron chi connectivity index (χ4n) is 3.11. The van der Waals surface area contributed by atoms with Crippen molar-refractivity contribution in [3.63, 3.8) is 0 Å². The summed E-state index contributed by atoms with van der Waals surface area (Å²) >= 11 is 6.02. The number of ether oxygens (including phenoxy) is 3. The number of carbonyl (C=O) groups excluding carboxylic acids is 2. The highest BCUT2D eigenvalue weighted by Gasteiger charge is 2.27. The van der Waals surface area contributed by atoms with E-state index in [-0.39, 0.29) is 5.57 Å². The quantitative estimate of drug-likeness (QED) is 0.609. The monoisotopic (exact) mass is 404 g/mol. The normalized spacial score (nSPS) is 14.7. The minimum Gasteiger partial charge on any atom is -0.466 e. The number of halogens is 1. The lowest BCUT2D eigenvalue weighted by Crippen LogP contribution is -2.37. The number of hydrogen-bond acceptors (Lipinski definition) is 6. The van der Waals surface area contributed by atoms with Crippen molar-refractivity contribution in [1.82, 2.24) is 4.98 Å². The lowest BCUT2D eigenvalue weighted by molar-refractivity contribution is -0.136. The Labute approximate surface area is 167 Å². The summed E-state index contributed by atoms with van der Waals surface area (Å²) in [4.78, 5) is 29.5. The molecular weight excluding hydrogens is 384 g/mol. The van der Waals surface area contributed by atoms with E-state index in [4.69, 9.17) is 25.8 Å². The van der Waals surface area contributed by atoms with Crippen LogP contribution in [0.25, 0.3) is 16.7 Å². The number of benzene rings is 1. The molecule has 2 aromatic rings. The molecular formula is C20H21ClN2O5. The SMILES string of the molecule is COC(=O)C=C(C(=O)OC)c1[nH]cc(-c2ccc(Cl)cc2)c1N1CCOCC1. The number of hydrogen-bond donors (Lipinski definition) is 1. The Balaban J connectivity index is 2.16. The molecule has 0 atom stereocenters. The molecule has 3 rings (SSSR count). The molecule has 0 amide bonds. The zero-order chi connectivity index (χ0) is 20.1. The fourth-order valence-corrected chi connectivity index (χ4v) is 3.23. The topological polar surface area (TPSA) is 80.9 Å². The number of morpholine rings is 1. The Kier molecular flexibility index (Phi) is 6.38. The Hall–Kier alpha value is -2.77. The van der Waals surface area contributed by atoms with E-state index in [0.717, 1.165) is 22.9 Å². The van der Waals surface area contributed by atoms with Crippen LogP contribution in [0, 0.1) is 0 Å². The van der Waals surface area contributed by atoms with Gasteiger partial charge in [0.1, 0.15) is 0 Å². The van der Waals surface area contributed by atoms with Crippen molar-refractivity contribution in [2.45, 2.75) is 0 Å². The molecule has 148 valence electrons. The zero-order valence-corrected chi connectivity index (χ0v) is 16.4. The maximum atomic E-state index is 12.4. The molecule has 0 bridgehead atoms. The van der Waals surface area contributed by atoms with Gasteiger partial charge in [-0.15, -0.1) is 0 Å². The number of esters is 2. The number of aromatic amines is 1. The Morgan fingerprint density at radius 1 is 1.14 bits per heavy atom. The Morgan fingerprint density at radius 2 is 1.82 bits per heavy atom. The highest BCUT2D eigenvalue weighted by molar-refractivity contribution is 6.30. The van der Waals surface area contributed by atoms with E-state index in [9.17, 15) is 9.59 Å². The lowest BCUT2D eigenvalue weighted by Gasteiger charge is -2.30. The molecule has 1 N–H and O–H groups in total. The van der Waals surface area contributed by atoms with Crippen LogP contribution in [-0.4, -0.2) is 57.4 Å². The molecule has 2 heterocycles. The van der Waals surface area contributed by atoms with Gasteiger partial charge in [0.05, 0.1) is 44.4 Å². The van der Waals surface area contributed by atoms with Crippen LogP contribution in [0.3, 0.4) is 0 Å². The van der Waals surface area contributed by atoms with E-state index in [1.807, 2.05) is 12.1 Å². The number of aromatic nitrogens is 1. The number of H-pyrrole nitrogens is 1. The number of methoxy groups -OCH3 is 2. The summed E-state index contributed by atoms with van der Waals surface area (Å²) in [6, 6.07) is 7.42. The van der Waals surface area contributed by atoms with Crippen LogP contribution < -0.4 is 4.90 Å². The number of rotatable bonds is 5. The highest BCUT2D eigenvalue weighted by Crippen LogP contribution is 2.38. The van der Waals surface area contributed by atoms with Gasteiger partial charge in [-0.25, -0.2) is 9.59 Å². The summed E-state index contributed by atoms with van der Waals surface area (Å²) in [6.07, 6.45) is 2.94. The standard InChI is InChI=1S/C20H21ClN2O5/c1-26-17(24)11-15(20(25)27-2)18-19(23-7-9-28-10-8-23)16(12-22-18)13-3-5-14(21)6-4-13/h3-6,11-12,22H,7-10H2,1-2H3. The maximum Gasteiger partial charge on any atom is 0.340 e. The second-order valence-corrected chi connectivity index (χ2v) is 6.54. The Bertz CT molecular complexity index is 883. The molecule has 0 saturated carbocycles. The van der Waals surface area contributed by atoms with Gasteiger partial charge in [0.2, 0.25) is 0 Å². The second kappa shape index (κ2) is 8.95. The predicted molar refractivity (Wildman–Crippen MR) is 106 cm³/mol. The van der Waals surface area contributed by atoms with Crippen molar-refractivity contribution in [3.05, 3.63) is 47.3 Å². The summed E-state index contributed by atoms with van der Waals surface area (Å²) in [5.74, 6) is -1.28. The third kappa shape index (κ3) is 4.21. The molecule has 0 unspecified atom stereocenters. The molecule has 1 aromatic heterocycles. The predicted octanol–water partition coefficient (Wildman–Crippen LogP) is 2.90. The van der Waals surface area contributed by atoms with Crippen LogP contribution in [0.15, 0.2) is 36.5 Å². The van der Waals surface area contributed by atoms with Crippen LogP contribution in [0.5, 0.6) is 0 Å². The first-order chi connectivity index (χ1) is 13.5. The van der Waals surface area contributed by atoms with Crippen molar-refractivity contribution in [1.29, 1.82) is 0 Å². The van der Waals surface area contributed by atoms with E-state index in [1.54, 1.807) is 18.3 Å². The first-order valence-electron chi connectivity index (χ1n) is 8.73. The summed E-state index contributed by atoms with van der Waals surface area (Å²) in [5.41, 5.74) is 3.19. The van der Waals surface area contributed by atoms with Gasteiger partial charge in [0.25, 0.3) is 0 Å². The first-order valence-corrected chi connectivity index (χ1v) is 9.11.